The highest BCUT2D eigenvalue weighted by Gasteiger charge is 2.24. The number of carbonyl (C=O) groups excluding carboxylic acids is 1. The zero-order valence-electron chi connectivity index (χ0n) is 18.3. The first-order valence-electron chi connectivity index (χ1n) is 10.7. The van der Waals surface area contributed by atoms with Gasteiger partial charge in [0.15, 0.2) is 5.75 Å². The van der Waals surface area contributed by atoms with E-state index in [9.17, 15) is 10.1 Å². The SMILES string of the molecule is CN(C)CC(=O)N1CCC(CNc2nccc(C(C#N)=C3Nc4ccccc4O3)n2)CC1. The molecule has 2 aliphatic rings. The average Bonchev–Trinajstić information content (AvgIpc) is 3.22. The van der Waals surface area contributed by atoms with Crippen LogP contribution in [0.25, 0.3) is 5.57 Å². The van der Waals surface area contributed by atoms with Crippen LogP contribution in [-0.2, 0) is 4.79 Å². The van der Waals surface area contributed by atoms with E-state index < -0.39 is 0 Å². The lowest BCUT2D eigenvalue weighted by atomic mass is 9.97. The van der Waals surface area contributed by atoms with Gasteiger partial charge in [-0.15, -0.1) is 0 Å². The molecule has 0 spiro atoms. The molecule has 32 heavy (non-hydrogen) atoms. The molecule has 1 saturated heterocycles. The van der Waals surface area contributed by atoms with Crippen LogP contribution in [0.5, 0.6) is 5.75 Å². The number of nitriles is 1. The highest BCUT2D eigenvalue weighted by atomic mass is 16.5. The van der Waals surface area contributed by atoms with E-state index in [1.165, 1.54) is 0 Å². The van der Waals surface area contributed by atoms with Crippen molar-refractivity contribution in [3.05, 3.63) is 48.1 Å². The Kier molecular flexibility index (Phi) is 6.52. The van der Waals surface area contributed by atoms with Gasteiger partial charge in [0.05, 0.1) is 17.9 Å². The van der Waals surface area contributed by atoms with E-state index in [1.807, 2.05) is 48.2 Å². The number of fused-ring (bicyclic) bond motifs is 1. The number of benzene rings is 1. The lowest BCUT2D eigenvalue weighted by molar-refractivity contribution is -0.133. The summed E-state index contributed by atoms with van der Waals surface area (Å²) in [5, 5.41) is 16.1. The van der Waals surface area contributed by atoms with Gasteiger partial charge in [0.2, 0.25) is 17.7 Å². The third-order valence-electron chi connectivity index (χ3n) is 5.57. The molecule has 2 N–H and O–H groups in total. The summed E-state index contributed by atoms with van der Waals surface area (Å²) in [6, 6.07) is 11.4. The minimum Gasteiger partial charge on any atom is -0.437 e. The maximum atomic E-state index is 12.2. The van der Waals surface area contributed by atoms with Crippen LogP contribution in [0.3, 0.4) is 0 Å². The van der Waals surface area contributed by atoms with Gasteiger partial charge in [-0.25, -0.2) is 9.97 Å². The largest absolute Gasteiger partial charge is 0.437 e. The molecule has 0 radical (unpaired) electrons. The number of aromatic nitrogens is 2. The summed E-state index contributed by atoms with van der Waals surface area (Å²) in [5.74, 6) is 2.14. The van der Waals surface area contributed by atoms with Crippen molar-refractivity contribution in [1.82, 2.24) is 19.8 Å². The van der Waals surface area contributed by atoms with Crippen molar-refractivity contribution in [2.24, 2.45) is 5.92 Å². The van der Waals surface area contributed by atoms with E-state index in [2.05, 4.69) is 26.7 Å². The molecule has 0 bridgehead atoms. The Morgan fingerprint density at radius 1 is 1.31 bits per heavy atom. The number of piperidine rings is 1. The summed E-state index contributed by atoms with van der Waals surface area (Å²) in [6.45, 7) is 2.71. The van der Waals surface area contributed by atoms with Gasteiger partial charge < -0.3 is 25.2 Å². The van der Waals surface area contributed by atoms with Gasteiger partial charge in [-0.2, -0.15) is 5.26 Å². The lowest BCUT2D eigenvalue weighted by Crippen LogP contribution is -2.43. The Bertz CT molecular complexity index is 1030. The second kappa shape index (κ2) is 9.66. The first-order chi connectivity index (χ1) is 15.5. The maximum absolute atomic E-state index is 12.2. The Hall–Kier alpha value is -3.64. The number of nitrogens with one attached hydrogen (secondary N) is 2. The van der Waals surface area contributed by atoms with Crippen molar-refractivity contribution in [3.63, 3.8) is 0 Å². The van der Waals surface area contributed by atoms with Gasteiger partial charge in [0.25, 0.3) is 0 Å². The molecule has 0 aliphatic carbocycles. The average molecular weight is 434 g/mol. The van der Waals surface area contributed by atoms with Gasteiger partial charge in [0, 0.05) is 25.8 Å². The summed E-state index contributed by atoms with van der Waals surface area (Å²) < 4.78 is 5.79. The first kappa shape index (κ1) is 21.6. The van der Waals surface area contributed by atoms with Crippen molar-refractivity contribution >= 4 is 23.1 Å². The second-order valence-electron chi connectivity index (χ2n) is 8.25. The smallest absolute Gasteiger partial charge is 0.236 e. The molecule has 0 unspecified atom stereocenters. The van der Waals surface area contributed by atoms with Gasteiger partial charge in [-0.05, 0) is 51.1 Å². The summed E-state index contributed by atoms with van der Waals surface area (Å²) >= 11 is 0. The molecule has 1 fully saturated rings. The minimum atomic E-state index is 0.180. The van der Waals surface area contributed by atoms with Crippen LogP contribution < -0.4 is 15.4 Å². The van der Waals surface area contributed by atoms with Crippen LogP contribution in [0, 0.1) is 17.2 Å². The van der Waals surface area contributed by atoms with E-state index in [0.717, 1.165) is 38.2 Å². The van der Waals surface area contributed by atoms with Gasteiger partial charge in [-0.1, -0.05) is 12.1 Å². The number of hydrogen-bond donors (Lipinski definition) is 2. The number of nitrogens with zero attached hydrogens (tertiary/aromatic N) is 5. The molecule has 9 heteroatoms. The highest BCUT2D eigenvalue weighted by Crippen LogP contribution is 2.35. The molecular weight excluding hydrogens is 406 g/mol. The number of anilines is 2. The molecule has 2 aliphatic heterocycles. The number of likely N-dealkylation sites (N-methyl/N-ethyl adjacent to an activating group) is 1. The van der Waals surface area contributed by atoms with Gasteiger partial charge >= 0.3 is 0 Å². The number of hydrogen-bond acceptors (Lipinski definition) is 8. The zero-order chi connectivity index (χ0) is 22.5. The van der Waals surface area contributed by atoms with Crippen molar-refractivity contribution < 1.29 is 9.53 Å². The quantitative estimate of drug-likeness (QED) is 0.669. The normalized spacial score (nSPS) is 17.2. The number of amides is 1. The van der Waals surface area contributed by atoms with Crippen LogP contribution in [0.1, 0.15) is 18.5 Å². The van der Waals surface area contributed by atoms with E-state index in [1.54, 1.807) is 12.3 Å². The fraction of sp³-hybridized carbons (Fsp3) is 0.391. The fourth-order valence-electron chi connectivity index (χ4n) is 3.83. The topological polar surface area (TPSA) is 106 Å². The monoisotopic (exact) mass is 433 g/mol. The van der Waals surface area contributed by atoms with Crippen LogP contribution in [0.2, 0.25) is 0 Å². The predicted molar refractivity (Wildman–Crippen MR) is 122 cm³/mol. The van der Waals surface area contributed by atoms with Crippen LogP contribution >= 0.6 is 0 Å². The molecular formula is C23H27N7O2. The molecule has 0 atom stereocenters. The third-order valence-corrected chi connectivity index (χ3v) is 5.57. The Balaban J connectivity index is 1.36. The minimum absolute atomic E-state index is 0.180. The molecule has 3 heterocycles. The first-order valence-corrected chi connectivity index (χ1v) is 10.7. The molecule has 9 nitrogen and oxygen atoms in total. The van der Waals surface area contributed by atoms with E-state index in [0.29, 0.717) is 41.3 Å². The van der Waals surface area contributed by atoms with Gasteiger partial charge in [0.1, 0.15) is 11.6 Å². The summed E-state index contributed by atoms with van der Waals surface area (Å²) in [5.41, 5.74) is 1.63. The zero-order valence-corrected chi connectivity index (χ0v) is 18.3. The van der Waals surface area contributed by atoms with E-state index in [4.69, 9.17) is 4.74 Å². The summed E-state index contributed by atoms with van der Waals surface area (Å²) in [4.78, 5) is 24.9. The van der Waals surface area contributed by atoms with E-state index in [-0.39, 0.29) is 5.91 Å². The second-order valence-corrected chi connectivity index (χ2v) is 8.25. The number of para-hydroxylation sites is 2. The molecule has 1 amide bonds. The summed E-state index contributed by atoms with van der Waals surface area (Å²) in [6.07, 6.45) is 3.51. The molecule has 1 aromatic carbocycles. The Morgan fingerprint density at radius 2 is 2.09 bits per heavy atom. The van der Waals surface area contributed by atoms with Crippen molar-refractivity contribution in [1.29, 1.82) is 5.26 Å². The van der Waals surface area contributed by atoms with E-state index >= 15 is 0 Å². The Morgan fingerprint density at radius 3 is 2.81 bits per heavy atom. The molecule has 4 rings (SSSR count). The number of carbonyl (C=O) groups is 1. The standard InChI is InChI=1S/C23H27N7O2/c1-29(2)15-21(31)30-11-8-16(9-12-30)14-26-23-25-10-7-18(28-23)17(13-24)22-27-19-5-3-4-6-20(19)32-22/h3-7,10,16,27H,8-9,11-12,14-15H2,1-2H3,(H,25,26,28). The van der Waals surface area contributed by atoms with Crippen molar-refractivity contribution in [2.45, 2.75) is 12.8 Å². The van der Waals surface area contributed by atoms with Crippen molar-refractivity contribution in [3.8, 4) is 11.8 Å². The maximum Gasteiger partial charge on any atom is 0.236 e. The molecule has 2 aromatic rings. The van der Waals surface area contributed by atoms with Crippen LogP contribution in [0.4, 0.5) is 11.6 Å². The summed E-state index contributed by atoms with van der Waals surface area (Å²) in [7, 11) is 3.81. The molecule has 166 valence electrons. The van der Waals surface area contributed by atoms with Crippen LogP contribution in [-0.4, -0.2) is 65.9 Å². The highest BCUT2D eigenvalue weighted by molar-refractivity contribution is 5.82. The number of ether oxygens (including phenoxy) is 1. The third kappa shape index (κ3) is 4.98. The number of rotatable bonds is 6. The van der Waals surface area contributed by atoms with Crippen molar-refractivity contribution in [2.75, 3.05) is 50.9 Å². The predicted octanol–water partition coefficient (Wildman–Crippen LogP) is 2.39. The fourth-order valence-corrected chi connectivity index (χ4v) is 3.83. The number of allylic oxidation sites excluding steroid dienone is 1. The Labute approximate surface area is 187 Å². The van der Waals surface area contributed by atoms with Crippen LogP contribution in [0.15, 0.2) is 42.4 Å². The van der Waals surface area contributed by atoms with Gasteiger partial charge in [-0.3, -0.25) is 4.79 Å². The number of likely N-dealkylation sites (tertiary alicyclic amines) is 1. The molecule has 1 aromatic heterocycles. The molecule has 0 saturated carbocycles. The lowest BCUT2D eigenvalue weighted by Gasteiger charge is -2.32.